The fourth-order valence-corrected chi connectivity index (χ4v) is 3.24. The molecule has 3 rings (SSSR count). The molecule has 2 aromatic rings. The average molecular weight is 364 g/mol. The second kappa shape index (κ2) is 9.04. The van der Waals surface area contributed by atoms with Gasteiger partial charge in [0.25, 0.3) is 0 Å². The lowest BCUT2D eigenvalue weighted by Gasteiger charge is -2.29. The lowest BCUT2D eigenvalue weighted by atomic mass is 10.0. The van der Waals surface area contributed by atoms with E-state index in [1.54, 1.807) is 7.11 Å². The zero-order chi connectivity index (χ0) is 16.9. The van der Waals surface area contributed by atoms with Crippen molar-refractivity contribution in [2.75, 3.05) is 46.9 Å². The summed E-state index contributed by atoms with van der Waals surface area (Å²) in [5.74, 6) is 1.09. The van der Waals surface area contributed by atoms with Crippen molar-refractivity contribution in [3.63, 3.8) is 0 Å². The maximum absolute atomic E-state index is 12.4. The van der Waals surface area contributed by atoms with Crippen molar-refractivity contribution in [2.24, 2.45) is 0 Å². The molecule has 1 amide bonds. The van der Waals surface area contributed by atoms with E-state index in [2.05, 4.69) is 28.4 Å². The number of carbonyl (C=O) groups is 1. The molecule has 0 bridgehead atoms. The Morgan fingerprint density at radius 2 is 1.84 bits per heavy atom. The third-order valence-electron chi connectivity index (χ3n) is 4.51. The highest BCUT2D eigenvalue weighted by Gasteiger charge is 2.18. The molecule has 1 aliphatic rings. The minimum absolute atomic E-state index is 0. The van der Waals surface area contributed by atoms with Gasteiger partial charge in [-0.15, -0.1) is 12.4 Å². The van der Waals surface area contributed by atoms with Crippen LogP contribution in [0.5, 0.6) is 5.75 Å². The molecule has 2 aromatic carbocycles. The number of rotatable bonds is 5. The molecule has 1 N–H and O–H groups in total. The maximum Gasteiger partial charge on any atom is 0.236 e. The van der Waals surface area contributed by atoms with Gasteiger partial charge in [-0.3, -0.25) is 9.69 Å². The van der Waals surface area contributed by atoms with Crippen LogP contribution < -0.4 is 10.1 Å². The highest BCUT2D eigenvalue weighted by atomic mass is 35.5. The normalized spacial score (nSPS) is 14.4. The SMILES string of the molecule is COc1ccc(CN(C)CC(=O)N2CCNCC2)c2ccccc12.Cl. The van der Waals surface area contributed by atoms with E-state index in [-0.39, 0.29) is 18.3 Å². The quantitative estimate of drug-likeness (QED) is 0.884. The molecule has 0 aliphatic carbocycles. The summed E-state index contributed by atoms with van der Waals surface area (Å²) in [5, 5.41) is 5.56. The average Bonchev–Trinajstić information content (AvgIpc) is 2.62. The minimum atomic E-state index is 0. The van der Waals surface area contributed by atoms with Crippen LogP contribution in [0.3, 0.4) is 0 Å². The van der Waals surface area contributed by atoms with E-state index in [1.165, 1.54) is 10.9 Å². The van der Waals surface area contributed by atoms with Crippen LogP contribution in [0, 0.1) is 0 Å². The van der Waals surface area contributed by atoms with E-state index in [9.17, 15) is 4.79 Å². The number of amides is 1. The highest BCUT2D eigenvalue weighted by Crippen LogP contribution is 2.28. The summed E-state index contributed by atoms with van der Waals surface area (Å²) in [5.41, 5.74) is 1.21. The molecular formula is C19H26ClN3O2. The van der Waals surface area contributed by atoms with Crippen molar-refractivity contribution >= 4 is 29.1 Å². The number of methoxy groups -OCH3 is 1. The summed E-state index contributed by atoms with van der Waals surface area (Å²) in [6.45, 7) is 4.57. The first-order chi connectivity index (χ1) is 11.7. The summed E-state index contributed by atoms with van der Waals surface area (Å²) in [6, 6.07) is 12.3. The van der Waals surface area contributed by atoms with Crippen LogP contribution >= 0.6 is 12.4 Å². The second-order valence-corrected chi connectivity index (χ2v) is 6.28. The largest absolute Gasteiger partial charge is 0.496 e. The Kier molecular flexibility index (Phi) is 7.05. The Morgan fingerprint density at radius 1 is 1.16 bits per heavy atom. The number of nitrogens with one attached hydrogen (secondary N) is 1. The number of ether oxygens (including phenoxy) is 1. The number of nitrogens with zero attached hydrogens (tertiary/aromatic N) is 2. The highest BCUT2D eigenvalue weighted by molar-refractivity contribution is 5.91. The standard InChI is InChI=1S/C19H25N3O2.ClH/c1-21(14-19(23)22-11-9-20-10-12-22)13-15-7-8-18(24-2)17-6-4-3-5-16(15)17;/h3-8,20H,9-14H2,1-2H3;1H. The van der Waals surface area contributed by atoms with Crippen LogP contribution in [0.25, 0.3) is 10.8 Å². The van der Waals surface area contributed by atoms with E-state index in [0.717, 1.165) is 43.9 Å². The molecule has 136 valence electrons. The summed E-state index contributed by atoms with van der Waals surface area (Å²) < 4.78 is 5.45. The number of hydrogen-bond acceptors (Lipinski definition) is 4. The third-order valence-corrected chi connectivity index (χ3v) is 4.51. The van der Waals surface area contributed by atoms with E-state index in [1.807, 2.05) is 30.1 Å². The Balaban J connectivity index is 0.00000225. The first kappa shape index (κ1) is 19.5. The molecule has 0 saturated carbocycles. The minimum Gasteiger partial charge on any atom is -0.496 e. The van der Waals surface area contributed by atoms with Gasteiger partial charge in [-0.2, -0.15) is 0 Å². The van der Waals surface area contributed by atoms with Crippen LogP contribution in [0.15, 0.2) is 36.4 Å². The summed E-state index contributed by atoms with van der Waals surface area (Å²) >= 11 is 0. The second-order valence-electron chi connectivity index (χ2n) is 6.28. The van der Waals surface area contributed by atoms with Gasteiger partial charge in [0.2, 0.25) is 5.91 Å². The van der Waals surface area contributed by atoms with Crippen LogP contribution in [0.2, 0.25) is 0 Å². The van der Waals surface area contributed by atoms with Crippen molar-refractivity contribution in [2.45, 2.75) is 6.54 Å². The molecule has 1 aliphatic heterocycles. The number of halogens is 1. The first-order valence-corrected chi connectivity index (χ1v) is 8.40. The molecule has 5 nitrogen and oxygen atoms in total. The number of carbonyl (C=O) groups excluding carboxylic acids is 1. The molecule has 1 saturated heterocycles. The van der Waals surface area contributed by atoms with Gasteiger partial charge in [0.05, 0.1) is 13.7 Å². The van der Waals surface area contributed by atoms with Gasteiger partial charge in [-0.05, 0) is 24.1 Å². The zero-order valence-corrected chi connectivity index (χ0v) is 15.6. The van der Waals surface area contributed by atoms with Crippen molar-refractivity contribution in [3.05, 3.63) is 42.0 Å². The topological polar surface area (TPSA) is 44.8 Å². The number of hydrogen-bond donors (Lipinski definition) is 1. The maximum atomic E-state index is 12.4. The Bertz CT molecular complexity index is 717. The number of likely N-dealkylation sites (N-methyl/N-ethyl adjacent to an activating group) is 1. The summed E-state index contributed by atoms with van der Waals surface area (Å²) in [6.07, 6.45) is 0. The van der Waals surface area contributed by atoms with Crippen molar-refractivity contribution < 1.29 is 9.53 Å². The molecule has 0 spiro atoms. The van der Waals surface area contributed by atoms with Crippen molar-refractivity contribution in [1.29, 1.82) is 0 Å². The van der Waals surface area contributed by atoms with Gasteiger partial charge in [0, 0.05) is 38.1 Å². The molecule has 0 aromatic heterocycles. The van der Waals surface area contributed by atoms with Crippen molar-refractivity contribution in [3.8, 4) is 5.75 Å². The lowest BCUT2D eigenvalue weighted by molar-refractivity contribution is -0.132. The first-order valence-electron chi connectivity index (χ1n) is 8.40. The smallest absolute Gasteiger partial charge is 0.236 e. The fraction of sp³-hybridized carbons (Fsp3) is 0.421. The summed E-state index contributed by atoms with van der Waals surface area (Å²) in [7, 11) is 3.69. The molecular weight excluding hydrogens is 338 g/mol. The van der Waals surface area contributed by atoms with Gasteiger partial charge in [0.15, 0.2) is 0 Å². The van der Waals surface area contributed by atoms with Gasteiger partial charge in [-0.25, -0.2) is 0 Å². The molecule has 0 atom stereocenters. The Labute approximate surface area is 155 Å². The summed E-state index contributed by atoms with van der Waals surface area (Å²) in [4.78, 5) is 16.4. The predicted octanol–water partition coefficient (Wildman–Crippen LogP) is 2.13. The van der Waals surface area contributed by atoms with E-state index < -0.39 is 0 Å². The molecule has 1 fully saturated rings. The van der Waals surface area contributed by atoms with Gasteiger partial charge < -0.3 is 15.0 Å². The number of piperazine rings is 1. The number of benzene rings is 2. The molecule has 0 unspecified atom stereocenters. The van der Waals surface area contributed by atoms with Gasteiger partial charge in [0.1, 0.15) is 5.75 Å². The Morgan fingerprint density at radius 3 is 2.52 bits per heavy atom. The fourth-order valence-electron chi connectivity index (χ4n) is 3.24. The molecule has 0 radical (unpaired) electrons. The number of fused-ring (bicyclic) bond motifs is 1. The third kappa shape index (κ3) is 4.63. The Hall–Kier alpha value is -1.82. The lowest BCUT2D eigenvalue weighted by Crippen LogP contribution is -2.49. The van der Waals surface area contributed by atoms with Gasteiger partial charge in [-0.1, -0.05) is 30.3 Å². The monoisotopic (exact) mass is 363 g/mol. The van der Waals surface area contributed by atoms with E-state index >= 15 is 0 Å². The van der Waals surface area contributed by atoms with Crippen LogP contribution in [-0.4, -0.2) is 62.6 Å². The zero-order valence-electron chi connectivity index (χ0n) is 14.8. The van der Waals surface area contributed by atoms with Crippen molar-refractivity contribution in [1.82, 2.24) is 15.1 Å². The van der Waals surface area contributed by atoms with Gasteiger partial charge >= 0.3 is 0 Å². The predicted molar refractivity (Wildman–Crippen MR) is 104 cm³/mol. The molecule has 6 heteroatoms. The molecule has 1 heterocycles. The van der Waals surface area contributed by atoms with Crippen LogP contribution in [0.1, 0.15) is 5.56 Å². The van der Waals surface area contributed by atoms with Crippen LogP contribution in [-0.2, 0) is 11.3 Å². The van der Waals surface area contributed by atoms with E-state index in [0.29, 0.717) is 6.54 Å². The molecule has 25 heavy (non-hydrogen) atoms. The van der Waals surface area contributed by atoms with Crippen LogP contribution in [0.4, 0.5) is 0 Å². The van der Waals surface area contributed by atoms with E-state index in [4.69, 9.17) is 4.74 Å².